The Morgan fingerprint density at radius 1 is 1.05 bits per heavy atom. The number of urea groups is 1. The Morgan fingerprint density at radius 3 is 2.52 bits per heavy atom. The number of aromatic amines is 1. The predicted molar refractivity (Wildman–Crippen MR) is 169 cm³/mol. The van der Waals surface area contributed by atoms with Crippen LogP contribution in [0.1, 0.15) is 37.1 Å². The Hall–Kier alpha value is -4.90. The van der Waals surface area contributed by atoms with Gasteiger partial charge in [0.15, 0.2) is 0 Å². The van der Waals surface area contributed by atoms with Crippen molar-refractivity contribution in [1.82, 2.24) is 20.6 Å². The average molecular weight is 616 g/mol. The van der Waals surface area contributed by atoms with E-state index in [4.69, 9.17) is 17.3 Å². The Balaban J connectivity index is 1.37. The van der Waals surface area contributed by atoms with Crippen molar-refractivity contribution in [1.29, 1.82) is 0 Å². The minimum atomic E-state index is -1.32. The summed E-state index contributed by atoms with van der Waals surface area (Å²) in [4.78, 5) is 59.6. The molecule has 7 N–H and O–H groups in total. The summed E-state index contributed by atoms with van der Waals surface area (Å²) in [7, 11) is 0. The van der Waals surface area contributed by atoms with Gasteiger partial charge >= 0.3 is 6.03 Å². The molecule has 11 nitrogen and oxygen atoms in total. The number of rotatable bonds is 9. The highest BCUT2D eigenvalue weighted by molar-refractivity contribution is 6.33. The van der Waals surface area contributed by atoms with E-state index in [1.165, 1.54) is 0 Å². The second-order valence-electron chi connectivity index (χ2n) is 11.3. The van der Waals surface area contributed by atoms with Crippen LogP contribution in [0.15, 0.2) is 67.0 Å². The number of hydrogen-bond acceptors (Lipinski definition) is 5. The van der Waals surface area contributed by atoms with E-state index >= 15 is 0 Å². The first-order valence-corrected chi connectivity index (χ1v) is 14.7. The highest BCUT2D eigenvalue weighted by atomic mass is 35.5. The third kappa shape index (κ3) is 6.68. The summed E-state index contributed by atoms with van der Waals surface area (Å²) >= 11 is 6.34. The van der Waals surface area contributed by atoms with Gasteiger partial charge in [0.2, 0.25) is 17.7 Å². The second-order valence-corrected chi connectivity index (χ2v) is 11.7. The van der Waals surface area contributed by atoms with E-state index in [9.17, 15) is 19.2 Å². The van der Waals surface area contributed by atoms with Gasteiger partial charge in [0.25, 0.3) is 0 Å². The number of primary amides is 1. The summed E-state index contributed by atoms with van der Waals surface area (Å²) < 4.78 is 0. The van der Waals surface area contributed by atoms with E-state index < -0.39 is 35.3 Å². The zero-order chi connectivity index (χ0) is 31.4. The molecule has 2 aromatic heterocycles. The van der Waals surface area contributed by atoms with Crippen molar-refractivity contribution in [3.05, 3.63) is 88.8 Å². The van der Waals surface area contributed by atoms with Crippen LogP contribution in [0.25, 0.3) is 10.9 Å². The molecule has 12 heteroatoms. The fraction of sp³-hybridized carbons (Fsp3) is 0.281. The SMILES string of the molecule is CC(C)[C@H](NC(=O)[C@@]1(NC(=O)Cc2ccc(Cl)c(NC(=O)Nc3ccncc3)c2)CCc2[nH]c3ccccc3c2C1)C(N)=O. The van der Waals surface area contributed by atoms with Gasteiger partial charge < -0.3 is 32.0 Å². The third-order valence-electron chi connectivity index (χ3n) is 7.84. The van der Waals surface area contributed by atoms with Crippen LogP contribution < -0.4 is 27.0 Å². The van der Waals surface area contributed by atoms with E-state index in [1.54, 1.807) is 56.6 Å². The number of carbonyl (C=O) groups is 4. The first kappa shape index (κ1) is 30.6. The maximum Gasteiger partial charge on any atom is 0.323 e. The predicted octanol–water partition coefficient (Wildman–Crippen LogP) is 4.07. The fourth-order valence-corrected chi connectivity index (χ4v) is 5.76. The van der Waals surface area contributed by atoms with Crippen LogP contribution in [-0.2, 0) is 33.6 Å². The van der Waals surface area contributed by atoms with Gasteiger partial charge in [-0.15, -0.1) is 0 Å². The second kappa shape index (κ2) is 12.8. The standard InChI is InChI=1S/C32H34ClN7O4/c1-18(2)28(29(34)42)39-30(43)32(12-9-25-22(17-32)21-5-3-4-6-24(21)37-25)40-27(41)16-19-7-8-23(33)26(15-19)38-31(44)36-20-10-13-35-14-11-20/h3-8,10-11,13-15,18,28,37H,9,12,16-17H2,1-2H3,(H2,34,42)(H,39,43)(H,40,41)(H2,35,36,38,44)/t28-,32+/m0/s1. The molecule has 5 rings (SSSR count). The van der Waals surface area contributed by atoms with Gasteiger partial charge in [-0.05, 0) is 60.2 Å². The summed E-state index contributed by atoms with van der Waals surface area (Å²) in [5.41, 5.74) is 8.63. The molecular formula is C32H34ClN7O4. The van der Waals surface area contributed by atoms with Crippen LogP contribution in [-0.4, -0.2) is 45.3 Å². The number of anilines is 2. The van der Waals surface area contributed by atoms with Crippen molar-refractivity contribution in [3.63, 3.8) is 0 Å². The van der Waals surface area contributed by atoms with Gasteiger partial charge in [0, 0.05) is 41.1 Å². The summed E-state index contributed by atoms with van der Waals surface area (Å²) in [6.07, 6.45) is 4.08. The highest BCUT2D eigenvalue weighted by Gasteiger charge is 2.45. The van der Waals surface area contributed by atoms with Crippen LogP contribution in [0.5, 0.6) is 0 Å². The summed E-state index contributed by atoms with van der Waals surface area (Å²) in [5.74, 6) is -1.76. The van der Waals surface area contributed by atoms with Crippen LogP contribution in [0.4, 0.5) is 16.2 Å². The lowest BCUT2D eigenvalue weighted by molar-refractivity contribution is -0.136. The molecule has 0 aliphatic heterocycles. The lowest BCUT2D eigenvalue weighted by Gasteiger charge is -2.38. The molecule has 228 valence electrons. The number of aromatic nitrogens is 2. The van der Waals surface area contributed by atoms with Crippen LogP contribution >= 0.6 is 11.6 Å². The van der Waals surface area contributed by atoms with E-state index in [2.05, 4.69) is 31.2 Å². The molecule has 0 bridgehead atoms. The number of fused-ring (bicyclic) bond motifs is 3. The molecule has 1 aliphatic carbocycles. The van der Waals surface area contributed by atoms with E-state index in [1.807, 2.05) is 24.3 Å². The number of aryl methyl sites for hydroxylation is 1. The summed E-state index contributed by atoms with van der Waals surface area (Å²) in [5, 5.41) is 12.5. The highest BCUT2D eigenvalue weighted by Crippen LogP contribution is 2.35. The number of pyridine rings is 1. The number of nitrogens with one attached hydrogen (secondary N) is 5. The van der Waals surface area contributed by atoms with E-state index in [0.717, 1.165) is 22.2 Å². The number of H-pyrrole nitrogens is 1. The van der Waals surface area contributed by atoms with Crippen molar-refractivity contribution in [2.24, 2.45) is 11.7 Å². The largest absolute Gasteiger partial charge is 0.368 e. The summed E-state index contributed by atoms with van der Waals surface area (Å²) in [6, 6.07) is 14.6. The molecular weight excluding hydrogens is 582 g/mol. The number of nitrogens with two attached hydrogens (primary N) is 1. The lowest BCUT2D eigenvalue weighted by Crippen LogP contribution is -2.64. The van der Waals surface area contributed by atoms with Crippen molar-refractivity contribution in [3.8, 4) is 0 Å². The molecule has 0 radical (unpaired) electrons. The molecule has 1 aliphatic rings. The number of amides is 5. The Labute approximate surface area is 259 Å². The topological polar surface area (TPSA) is 171 Å². The van der Waals surface area contributed by atoms with Crippen molar-refractivity contribution in [2.45, 2.75) is 51.1 Å². The van der Waals surface area contributed by atoms with E-state index in [0.29, 0.717) is 34.8 Å². The number of carbonyl (C=O) groups excluding carboxylic acids is 4. The fourth-order valence-electron chi connectivity index (χ4n) is 5.60. The molecule has 2 atom stereocenters. The maximum absolute atomic E-state index is 13.9. The number of hydrogen-bond donors (Lipinski definition) is 6. The summed E-state index contributed by atoms with van der Waals surface area (Å²) in [6.45, 7) is 3.59. The van der Waals surface area contributed by atoms with Crippen molar-refractivity contribution in [2.75, 3.05) is 10.6 Å². The van der Waals surface area contributed by atoms with Gasteiger partial charge in [0.1, 0.15) is 11.6 Å². The monoisotopic (exact) mass is 615 g/mol. The molecule has 0 fully saturated rings. The Kier molecular flexibility index (Phi) is 8.86. The van der Waals surface area contributed by atoms with Gasteiger partial charge in [0.05, 0.1) is 17.1 Å². The number of halogens is 1. The molecule has 5 amide bonds. The maximum atomic E-state index is 13.9. The molecule has 0 spiro atoms. The average Bonchev–Trinajstić information content (AvgIpc) is 3.35. The minimum Gasteiger partial charge on any atom is -0.368 e. The Bertz CT molecular complexity index is 1720. The van der Waals surface area contributed by atoms with Gasteiger partial charge in [-0.3, -0.25) is 19.4 Å². The third-order valence-corrected chi connectivity index (χ3v) is 8.17. The normalized spacial score (nSPS) is 16.5. The molecule has 0 saturated carbocycles. The van der Waals surface area contributed by atoms with E-state index in [-0.39, 0.29) is 18.8 Å². The molecule has 4 aromatic rings. The molecule has 44 heavy (non-hydrogen) atoms. The van der Waals surface area contributed by atoms with Gasteiger partial charge in [-0.2, -0.15) is 0 Å². The first-order valence-electron chi connectivity index (χ1n) is 14.3. The Morgan fingerprint density at radius 2 is 1.80 bits per heavy atom. The van der Waals surface area contributed by atoms with Crippen LogP contribution in [0.2, 0.25) is 5.02 Å². The molecule has 2 heterocycles. The zero-order valence-corrected chi connectivity index (χ0v) is 25.1. The number of nitrogens with zero attached hydrogens (tertiary/aromatic N) is 1. The van der Waals surface area contributed by atoms with Crippen LogP contribution in [0.3, 0.4) is 0 Å². The lowest BCUT2D eigenvalue weighted by atomic mass is 9.78. The minimum absolute atomic E-state index is 0.0863. The quantitative estimate of drug-likeness (QED) is 0.166. The number of para-hydroxylation sites is 1. The van der Waals surface area contributed by atoms with Crippen molar-refractivity contribution >= 4 is 57.6 Å². The zero-order valence-electron chi connectivity index (χ0n) is 24.4. The van der Waals surface area contributed by atoms with Crippen molar-refractivity contribution < 1.29 is 19.2 Å². The van der Waals surface area contributed by atoms with Gasteiger partial charge in [-0.1, -0.05) is 49.7 Å². The number of benzene rings is 2. The van der Waals surface area contributed by atoms with Gasteiger partial charge in [-0.25, -0.2) is 4.79 Å². The molecule has 0 saturated heterocycles. The molecule has 2 aromatic carbocycles. The first-order chi connectivity index (χ1) is 21.0. The van der Waals surface area contributed by atoms with Crippen LogP contribution in [0, 0.1) is 5.92 Å². The molecule has 0 unspecified atom stereocenters. The smallest absolute Gasteiger partial charge is 0.323 e.